The number of ether oxygens (including phenoxy) is 4. The predicted molar refractivity (Wildman–Crippen MR) is 148 cm³/mol. The Bertz CT molecular complexity index is 1250. The van der Waals surface area contributed by atoms with Crippen LogP contribution in [0.5, 0.6) is 11.5 Å². The fourth-order valence-electron chi connectivity index (χ4n) is 4.80. The molecule has 1 saturated heterocycles. The highest BCUT2D eigenvalue weighted by Gasteiger charge is 2.41. The zero-order chi connectivity index (χ0) is 25.8. The summed E-state index contributed by atoms with van der Waals surface area (Å²) in [5.74, 6) is 1.51. The summed E-state index contributed by atoms with van der Waals surface area (Å²) >= 11 is 2.16. The average Bonchev–Trinajstić information content (AvgIpc) is 3.55. The van der Waals surface area contributed by atoms with Crippen LogP contribution in [0.1, 0.15) is 29.3 Å². The van der Waals surface area contributed by atoms with Gasteiger partial charge in [0.1, 0.15) is 33.1 Å². The van der Waals surface area contributed by atoms with Gasteiger partial charge in [-0.3, -0.25) is 0 Å². The Kier molecular flexibility index (Phi) is 7.80. The van der Waals surface area contributed by atoms with Crippen molar-refractivity contribution in [1.29, 1.82) is 0 Å². The van der Waals surface area contributed by atoms with Crippen LogP contribution in [0.3, 0.4) is 0 Å². The zero-order valence-electron chi connectivity index (χ0n) is 20.7. The van der Waals surface area contributed by atoms with Crippen LogP contribution in [-0.2, 0) is 15.1 Å². The van der Waals surface area contributed by atoms with Crippen molar-refractivity contribution in [2.24, 2.45) is 0 Å². The molecule has 0 unspecified atom stereocenters. The molecular formula is C29H29IN2O5. The van der Waals surface area contributed by atoms with Crippen molar-refractivity contribution in [3.05, 3.63) is 112 Å². The number of hydrogen-bond acceptors (Lipinski definition) is 6. The van der Waals surface area contributed by atoms with E-state index in [1.807, 2.05) is 77.5 Å². The first-order valence-corrected chi connectivity index (χ1v) is 13.1. The minimum Gasteiger partial charge on any atom is -0.497 e. The van der Waals surface area contributed by atoms with E-state index >= 15 is 0 Å². The lowest BCUT2D eigenvalue weighted by Gasteiger charge is -2.37. The van der Waals surface area contributed by atoms with Gasteiger partial charge in [-0.05, 0) is 63.5 Å². The molecule has 8 heteroatoms. The van der Waals surface area contributed by atoms with Crippen LogP contribution in [0.2, 0.25) is 0 Å². The Morgan fingerprint density at radius 1 is 0.919 bits per heavy atom. The lowest BCUT2D eigenvalue weighted by molar-refractivity contribution is -0.0936. The van der Waals surface area contributed by atoms with Crippen LogP contribution >= 0.6 is 22.6 Å². The Morgan fingerprint density at radius 3 is 2.00 bits per heavy atom. The largest absolute Gasteiger partial charge is 0.497 e. The number of halogens is 1. The molecule has 2 heterocycles. The molecule has 3 aromatic carbocycles. The minimum atomic E-state index is -0.967. The van der Waals surface area contributed by atoms with Gasteiger partial charge in [0, 0.05) is 12.6 Å². The molecule has 37 heavy (non-hydrogen) atoms. The third-order valence-corrected chi connectivity index (χ3v) is 7.30. The smallest absolute Gasteiger partial charge is 0.143 e. The second-order valence-corrected chi connectivity index (χ2v) is 10.00. The molecule has 1 aliphatic heterocycles. The van der Waals surface area contributed by atoms with E-state index in [0.717, 1.165) is 31.9 Å². The monoisotopic (exact) mass is 612 g/mol. The highest BCUT2D eigenvalue weighted by Crippen LogP contribution is 2.42. The summed E-state index contributed by atoms with van der Waals surface area (Å²) in [6.07, 6.45) is 2.61. The molecule has 0 saturated carbocycles. The average molecular weight is 612 g/mol. The van der Waals surface area contributed by atoms with Crippen LogP contribution < -0.4 is 9.47 Å². The highest BCUT2D eigenvalue weighted by molar-refractivity contribution is 14.1. The molecule has 1 aromatic heterocycles. The molecule has 1 aliphatic rings. The standard InChI is InChI=1S/C29H29IN2O5/c1-34-23-12-8-21(9-13-23)29(20-6-4-3-5-7-20,22-10-14-24(35-2)15-11-22)36-18-26-25(33)16-28(37-26)32-17-27(30)31-19-32/h3-15,17,19,25-26,28,33H,16,18H2,1-2H3/t25-,26+,28+/m0/s1. The number of benzene rings is 3. The van der Waals surface area contributed by atoms with Crippen molar-refractivity contribution in [1.82, 2.24) is 9.55 Å². The summed E-state index contributed by atoms with van der Waals surface area (Å²) in [5.41, 5.74) is 1.85. The fraction of sp³-hybridized carbons (Fsp3) is 0.276. The molecule has 192 valence electrons. The second-order valence-electron chi connectivity index (χ2n) is 8.89. The van der Waals surface area contributed by atoms with E-state index in [1.165, 1.54) is 0 Å². The van der Waals surface area contributed by atoms with Crippen molar-refractivity contribution in [2.75, 3.05) is 20.8 Å². The van der Waals surface area contributed by atoms with E-state index in [2.05, 4.69) is 39.7 Å². The summed E-state index contributed by atoms with van der Waals surface area (Å²) in [5, 5.41) is 10.9. The van der Waals surface area contributed by atoms with Gasteiger partial charge in [-0.15, -0.1) is 0 Å². The van der Waals surface area contributed by atoms with Crippen LogP contribution in [0.25, 0.3) is 0 Å². The molecule has 0 aliphatic carbocycles. The van der Waals surface area contributed by atoms with Gasteiger partial charge >= 0.3 is 0 Å². The van der Waals surface area contributed by atoms with Gasteiger partial charge in [-0.25, -0.2) is 4.98 Å². The van der Waals surface area contributed by atoms with Crippen LogP contribution in [0.4, 0.5) is 0 Å². The van der Waals surface area contributed by atoms with Crippen molar-refractivity contribution < 1.29 is 24.1 Å². The molecule has 5 rings (SSSR count). The fourth-order valence-corrected chi connectivity index (χ4v) is 5.25. The molecule has 1 fully saturated rings. The van der Waals surface area contributed by atoms with Gasteiger partial charge in [0.15, 0.2) is 0 Å². The molecule has 7 nitrogen and oxygen atoms in total. The van der Waals surface area contributed by atoms with E-state index in [4.69, 9.17) is 18.9 Å². The van der Waals surface area contributed by atoms with Gasteiger partial charge in [-0.1, -0.05) is 54.6 Å². The maximum Gasteiger partial charge on any atom is 0.143 e. The summed E-state index contributed by atoms with van der Waals surface area (Å²) in [6, 6.07) is 25.8. The molecule has 4 aromatic rings. The number of imidazole rings is 1. The highest BCUT2D eigenvalue weighted by atomic mass is 127. The normalized spacial score (nSPS) is 19.6. The number of aliphatic hydroxyl groups excluding tert-OH is 1. The number of rotatable bonds is 9. The van der Waals surface area contributed by atoms with Crippen molar-refractivity contribution in [2.45, 2.75) is 30.5 Å². The van der Waals surface area contributed by atoms with Crippen molar-refractivity contribution in [3.8, 4) is 11.5 Å². The first-order valence-electron chi connectivity index (χ1n) is 12.0. The number of nitrogens with zero attached hydrogens (tertiary/aromatic N) is 2. The lowest BCUT2D eigenvalue weighted by Crippen LogP contribution is -2.38. The first kappa shape index (κ1) is 25.7. The quantitative estimate of drug-likeness (QED) is 0.208. The maximum atomic E-state index is 10.9. The predicted octanol–water partition coefficient (Wildman–Crippen LogP) is 5.16. The van der Waals surface area contributed by atoms with Gasteiger partial charge in [0.2, 0.25) is 0 Å². The maximum absolute atomic E-state index is 10.9. The van der Waals surface area contributed by atoms with Gasteiger partial charge in [0.05, 0.1) is 33.3 Å². The summed E-state index contributed by atoms with van der Waals surface area (Å²) in [7, 11) is 3.30. The Labute approximate surface area is 230 Å². The number of aromatic nitrogens is 2. The first-order chi connectivity index (χ1) is 18.0. The van der Waals surface area contributed by atoms with E-state index in [1.54, 1.807) is 20.5 Å². The van der Waals surface area contributed by atoms with E-state index in [-0.39, 0.29) is 12.8 Å². The van der Waals surface area contributed by atoms with Crippen LogP contribution in [-0.4, -0.2) is 47.7 Å². The molecular weight excluding hydrogens is 583 g/mol. The number of hydrogen-bond donors (Lipinski definition) is 1. The third-order valence-electron chi connectivity index (χ3n) is 6.74. The summed E-state index contributed by atoms with van der Waals surface area (Å²) in [6.45, 7) is 0.177. The van der Waals surface area contributed by atoms with E-state index < -0.39 is 17.8 Å². The molecule has 0 radical (unpaired) electrons. The zero-order valence-corrected chi connectivity index (χ0v) is 22.8. The van der Waals surface area contributed by atoms with E-state index in [0.29, 0.717) is 6.42 Å². The second kappa shape index (κ2) is 11.2. The third kappa shape index (κ3) is 5.24. The molecule has 0 spiro atoms. The van der Waals surface area contributed by atoms with Crippen LogP contribution in [0, 0.1) is 3.70 Å². The molecule has 1 N–H and O–H groups in total. The van der Waals surface area contributed by atoms with Crippen LogP contribution in [0.15, 0.2) is 91.4 Å². The summed E-state index contributed by atoms with van der Waals surface area (Å²) < 4.78 is 26.7. The molecule has 0 bridgehead atoms. The van der Waals surface area contributed by atoms with Gasteiger partial charge in [-0.2, -0.15) is 0 Å². The van der Waals surface area contributed by atoms with Crippen molar-refractivity contribution >= 4 is 22.6 Å². The number of methoxy groups -OCH3 is 2. The lowest BCUT2D eigenvalue weighted by atomic mass is 9.80. The Balaban J connectivity index is 1.54. The topological polar surface area (TPSA) is 75.0 Å². The van der Waals surface area contributed by atoms with Gasteiger partial charge in [0.25, 0.3) is 0 Å². The molecule has 3 atom stereocenters. The summed E-state index contributed by atoms with van der Waals surface area (Å²) in [4.78, 5) is 4.28. The number of aliphatic hydroxyl groups is 1. The SMILES string of the molecule is COc1ccc(C(OC[C@H]2O[C@@H](n3cnc(I)c3)C[C@@H]2O)(c2ccccc2)c2ccc(OC)cc2)cc1. The Morgan fingerprint density at radius 2 is 1.49 bits per heavy atom. The minimum absolute atomic E-state index is 0.177. The Hall–Kier alpha value is -2.92. The van der Waals surface area contributed by atoms with E-state index in [9.17, 15) is 5.11 Å². The van der Waals surface area contributed by atoms with Crippen molar-refractivity contribution in [3.63, 3.8) is 0 Å². The molecule has 0 amide bonds. The van der Waals surface area contributed by atoms with Gasteiger partial charge < -0.3 is 28.6 Å².